The molecule has 0 spiro atoms. The van der Waals surface area contributed by atoms with E-state index in [0.29, 0.717) is 29.1 Å². The molecule has 0 saturated heterocycles. The zero-order valence-corrected chi connectivity index (χ0v) is 15.3. The number of carbonyl (C=O) groups is 3. The highest BCUT2D eigenvalue weighted by Crippen LogP contribution is 2.19. The lowest BCUT2D eigenvalue weighted by atomic mass is 10.1. The van der Waals surface area contributed by atoms with Gasteiger partial charge >= 0.3 is 5.97 Å². The number of Topliss-reactive ketones (excluding diaryl/α,β-unsaturated/α-hetero) is 1. The van der Waals surface area contributed by atoms with Crippen molar-refractivity contribution < 1.29 is 23.9 Å². The van der Waals surface area contributed by atoms with E-state index in [9.17, 15) is 14.4 Å². The van der Waals surface area contributed by atoms with E-state index in [2.05, 4.69) is 10.3 Å². The number of ketones is 1. The monoisotopic (exact) mass is 358 g/mol. The summed E-state index contributed by atoms with van der Waals surface area (Å²) in [6.45, 7) is 4.70. The van der Waals surface area contributed by atoms with Crippen LogP contribution >= 0.6 is 0 Å². The van der Waals surface area contributed by atoms with Gasteiger partial charge in [0.15, 0.2) is 12.4 Å². The summed E-state index contributed by atoms with van der Waals surface area (Å²) in [7, 11) is 1.57. The Morgan fingerprint density at radius 3 is 2.54 bits per heavy atom. The van der Waals surface area contributed by atoms with Crippen molar-refractivity contribution >= 4 is 17.7 Å². The number of aryl methyl sites for hydroxylation is 1. The van der Waals surface area contributed by atoms with Crippen LogP contribution in [0.25, 0.3) is 0 Å². The maximum Gasteiger partial charge on any atom is 0.355 e. The van der Waals surface area contributed by atoms with Crippen molar-refractivity contribution in [2.24, 2.45) is 0 Å². The van der Waals surface area contributed by atoms with Gasteiger partial charge in [0.25, 0.3) is 5.91 Å². The molecule has 7 heteroatoms. The highest BCUT2D eigenvalue weighted by atomic mass is 16.5. The molecule has 0 bridgehead atoms. The molecule has 1 aromatic carbocycles. The van der Waals surface area contributed by atoms with Crippen LogP contribution < -0.4 is 10.1 Å². The zero-order valence-electron chi connectivity index (χ0n) is 15.3. The third-order valence-electron chi connectivity index (χ3n) is 3.95. The molecule has 1 aromatic heterocycles. The van der Waals surface area contributed by atoms with E-state index in [1.807, 2.05) is 18.2 Å². The van der Waals surface area contributed by atoms with E-state index in [4.69, 9.17) is 9.47 Å². The number of amides is 1. The largest absolute Gasteiger partial charge is 0.497 e. The van der Waals surface area contributed by atoms with Gasteiger partial charge in [-0.15, -0.1) is 0 Å². The summed E-state index contributed by atoms with van der Waals surface area (Å²) >= 11 is 0. The number of esters is 1. The summed E-state index contributed by atoms with van der Waals surface area (Å²) in [5.41, 5.74) is 2.65. The summed E-state index contributed by atoms with van der Waals surface area (Å²) in [5, 5.41) is 2.67. The average Bonchev–Trinajstić information content (AvgIpc) is 2.92. The predicted octanol–water partition coefficient (Wildman–Crippen LogP) is 2.32. The van der Waals surface area contributed by atoms with Crippen molar-refractivity contribution in [2.75, 3.05) is 13.7 Å². The molecule has 2 aromatic rings. The lowest BCUT2D eigenvalue weighted by molar-refractivity contribution is -0.124. The van der Waals surface area contributed by atoms with Crippen molar-refractivity contribution in [3.05, 3.63) is 52.3 Å². The second-order valence-corrected chi connectivity index (χ2v) is 5.89. The molecule has 26 heavy (non-hydrogen) atoms. The topological polar surface area (TPSA) is 97.5 Å². The molecule has 0 saturated carbocycles. The van der Waals surface area contributed by atoms with Gasteiger partial charge in [0, 0.05) is 17.8 Å². The number of carbonyl (C=O) groups excluding carboxylic acids is 3. The fourth-order valence-electron chi connectivity index (χ4n) is 2.72. The lowest BCUT2D eigenvalue weighted by Gasteiger charge is -2.08. The number of aromatic nitrogens is 1. The molecule has 0 aliphatic carbocycles. The van der Waals surface area contributed by atoms with E-state index in [1.54, 1.807) is 27.0 Å². The second-order valence-electron chi connectivity index (χ2n) is 5.89. The highest BCUT2D eigenvalue weighted by Gasteiger charge is 2.21. The van der Waals surface area contributed by atoms with E-state index >= 15 is 0 Å². The number of aromatic amines is 1. The molecule has 7 nitrogen and oxygen atoms in total. The Morgan fingerprint density at radius 1 is 1.19 bits per heavy atom. The number of rotatable bonds is 7. The van der Waals surface area contributed by atoms with Crippen molar-refractivity contribution in [1.82, 2.24) is 10.3 Å². The first-order valence-corrected chi connectivity index (χ1v) is 8.10. The quantitative estimate of drug-likeness (QED) is 0.585. The molecule has 1 amide bonds. The van der Waals surface area contributed by atoms with E-state index in [0.717, 1.165) is 5.56 Å². The summed E-state index contributed by atoms with van der Waals surface area (Å²) in [4.78, 5) is 38.5. The Labute approximate surface area is 151 Å². The Balaban J connectivity index is 1.90. The van der Waals surface area contributed by atoms with Gasteiger partial charge in [-0.25, -0.2) is 4.79 Å². The third kappa shape index (κ3) is 4.50. The predicted molar refractivity (Wildman–Crippen MR) is 95.4 cm³/mol. The number of hydrogen-bond acceptors (Lipinski definition) is 5. The molecule has 0 atom stereocenters. The maximum atomic E-state index is 12.2. The van der Waals surface area contributed by atoms with Crippen LogP contribution in [-0.4, -0.2) is 36.4 Å². The van der Waals surface area contributed by atoms with Crippen molar-refractivity contribution in [1.29, 1.82) is 0 Å². The van der Waals surface area contributed by atoms with E-state index in [1.165, 1.54) is 6.92 Å². The molecule has 0 aliphatic rings. The fourth-order valence-corrected chi connectivity index (χ4v) is 2.72. The number of nitrogens with one attached hydrogen (secondary N) is 2. The summed E-state index contributed by atoms with van der Waals surface area (Å²) < 4.78 is 10.2. The van der Waals surface area contributed by atoms with Crippen LogP contribution in [0, 0.1) is 13.8 Å². The minimum absolute atomic E-state index is 0.133. The first-order valence-electron chi connectivity index (χ1n) is 8.10. The molecule has 2 N–H and O–H groups in total. The SMILES string of the molecule is COc1cccc(CNC(=O)COC(=O)c2[nH]c(C)c(C(C)=O)c2C)c1. The minimum Gasteiger partial charge on any atom is -0.497 e. The Kier molecular flexibility index (Phi) is 6.16. The number of H-pyrrole nitrogens is 1. The standard InChI is InChI=1S/C19H22N2O5/c1-11-17(13(3)22)12(2)21-18(11)19(24)26-10-16(23)20-9-14-6-5-7-15(8-14)25-4/h5-8,21H,9-10H2,1-4H3,(H,20,23). The van der Waals surface area contributed by atoms with Crippen LogP contribution in [0.2, 0.25) is 0 Å². The van der Waals surface area contributed by atoms with E-state index < -0.39 is 18.5 Å². The van der Waals surface area contributed by atoms with Crippen LogP contribution in [0.4, 0.5) is 0 Å². The Morgan fingerprint density at radius 2 is 1.92 bits per heavy atom. The van der Waals surface area contributed by atoms with Gasteiger partial charge in [-0.2, -0.15) is 0 Å². The molecule has 2 rings (SSSR count). The average molecular weight is 358 g/mol. The van der Waals surface area contributed by atoms with Gasteiger partial charge < -0.3 is 19.8 Å². The number of benzene rings is 1. The summed E-state index contributed by atoms with van der Waals surface area (Å²) in [6, 6.07) is 7.29. The highest BCUT2D eigenvalue weighted by molar-refractivity contribution is 6.01. The van der Waals surface area contributed by atoms with Crippen LogP contribution in [0.3, 0.4) is 0 Å². The first-order chi connectivity index (χ1) is 12.3. The molecule has 0 unspecified atom stereocenters. The number of hydrogen-bond donors (Lipinski definition) is 2. The molecule has 0 aliphatic heterocycles. The molecule has 138 valence electrons. The van der Waals surface area contributed by atoms with E-state index in [-0.39, 0.29) is 11.5 Å². The smallest absolute Gasteiger partial charge is 0.355 e. The van der Waals surface area contributed by atoms with Gasteiger partial charge in [0.1, 0.15) is 11.4 Å². The van der Waals surface area contributed by atoms with Crippen LogP contribution in [0.15, 0.2) is 24.3 Å². The Bertz CT molecular complexity index is 838. The van der Waals surface area contributed by atoms with Gasteiger partial charge in [0.2, 0.25) is 0 Å². The number of ether oxygens (including phenoxy) is 2. The maximum absolute atomic E-state index is 12.2. The Hall–Kier alpha value is -3.09. The summed E-state index contributed by atoms with van der Waals surface area (Å²) in [6.07, 6.45) is 0. The minimum atomic E-state index is -0.672. The summed E-state index contributed by atoms with van der Waals surface area (Å²) in [5.74, 6) is -0.531. The van der Waals surface area contributed by atoms with Crippen LogP contribution in [-0.2, 0) is 16.1 Å². The van der Waals surface area contributed by atoms with Gasteiger partial charge in [-0.1, -0.05) is 12.1 Å². The lowest BCUT2D eigenvalue weighted by Crippen LogP contribution is -2.28. The van der Waals surface area contributed by atoms with Crippen molar-refractivity contribution in [3.63, 3.8) is 0 Å². The second kappa shape index (κ2) is 8.33. The third-order valence-corrected chi connectivity index (χ3v) is 3.95. The van der Waals surface area contributed by atoms with Crippen LogP contribution in [0.1, 0.15) is 44.6 Å². The molecule has 0 radical (unpaired) electrons. The fraction of sp³-hybridized carbons (Fsp3) is 0.316. The van der Waals surface area contributed by atoms with Gasteiger partial charge in [-0.3, -0.25) is 9.59 Å². The van der Waals surface area contributed by atoms with Gasteiger partial charge in [0.05, 0.1) is 7.11 Å². The molecule has 0 fully saturated rings. The normalized spacial score (nSPS) is 10.3. The zero-order chi connectivity index (χ0) is 19.3. The number of methoxy groups -OCH3 is 1. The molecular formula is C19H22N2O5. The van der Waals surface area contributed by atoms with Crippen LogP contribution in [0.5, 0.6) is 5.75 Å². The van der Waals surface area contributed by atoms with Gasteiger partial charge in [-0.05, 0) is 44.0 Å². The molecule has 1 heterocycles. The van der Waals surface area contributed by atoms with Crippen molar-refractivity contribution in [3.8, 4) is 5.75 Å². The first kappa shape index (κ1) is 19.2. The molecular weight excluding hydrogens is 336 g/mol. The van der Waals surface area contributed by atoms with Crippen molar-refractivity contribution in [2.45, 2.75) is 27.3 Å².